The normalized spacial score (nSPS) is 10.9. The lowest BCUT2D eigenvalue weighted by Gasteiger charge is -1.97. The molecule has 0 fully saturated rings. The molecule has 0 aliphatic carbocycles. The average molecular weight is 194 g/mol. The van der Waals surface area contributed by atoms with E-state index < -0.39 is 0 Å². The van der Waals surface area contributed by atoms with Gasteiger partial charge in [-0.05, 0) is 30.4 Å². The molecule has 0 bridgehead atoms. The van der Waals surface area contributed by atoms with E-state index in [1.54, 1.807) is 11.8 Å². The largest absolute Gasteiger partial charge is 0.396 e. The van der Waals surface area contributed by atoms with Crippen molar-refractivity contribution in [2.45, 2.75) is 11.3 Å². The predicted octanol–water partition coefficient (Wildman–Crippen LogP) is 2.80. The molecule has 13 heavy (non-hydrogen) atoms. The first-order valence-corrected chi connectivity index (χ1v) is 5.50. The SMILES string of the molecule is CSc1cccc(C=CCCO)c1. The van der Waals surface area contributed by atoms with E-state index in [2.05, 4.69) is 24.5 Å². The Balaban J connectivity index is 2.66. The van der Waals surface area contributed by atoms with E-state index in [-0.39, 0.29) is 6.61 Å². The molecule has 1 N–H and O–H groups in total. The number of hydrogen-bond donors (Lipinski definition) is 1. The highest BCUT2D eigenvalue weighted by molar-refractivity contribution is 7.98. The lowest BCUT2D eigenvalue weighted by Crippen LogP contribution is -1.77. The van der Waals surface area contributed by atoms with Crippen LogP contribution in [0.5, 0.6) is 0 Å². The van der Waals surface area contributed by atoms with Gasteiger partial charge in [-0.1, -0.05) is 24.3 Å². The van der Waals surface area contributed by atoms with Gasteiger partial charge in [-0.3, -0.25) is 0 Å². The van der Waals surface area contributed by atoms with Crippen LogP contribution in [0.4, 0.5) is 0 Å². The van der Waals surface area contributed by atoms with Crippen LogP contribution in [0, 0.1) is 0 Å². The summed E-state index contributed by atoms with van der Waals surface area (Å²) in [6, 6.07) is 8.34. The second kappa shape index (κ2) is 5.84. The summed E-state index contributed by atoms with van der Waals surface area (Å²) in [6.07, 6.45) is 6.81. The summed E-state index contributed by atoms with van der Waals surface area (Å²) in [5.41, 5.74) is 1.19. The molecule has 0 radical (unpaired) electrons. The fourth-order valence-corrected chi connectivity index (χ4v) is 1.51. The van der Waals surface area contributed by atoms with Gasteiger partial charge in [0, 0.05) is 11.5 Å². The molecule has 0 aromatic heterocycles. The van der Waals surface area contributed by atoms with Crippen molar-refractivity contribution >= 4 is 17.8 Å². The molecule has 1 nitrogen and oxygen atoms in total. The fraction of sp³-hybridized carbons (Fsp3) is 0.273. The van der Waals surface area contributed by atoms with E-state index >= 15 is 0 Å². The van der Waals surface area contributed by atoms with E-state index in [0.29, 0.717) is 0 Å². The molecule has 1 aromatic carbocycles. The molecule has 0 aliphatic heterocycles. The minimum Gasteiger partial charge on any atom is -0.396 e. The molecule has 0 heterocycles. The smallest absolute Gasteiger partial charge is 0.0465 e. The van der Waals surface area contributed by atoms with E-state index in [1.165, 1.54) is 10.5 Å². The first kappa shape index (κ1) is 10.4. The van der Waals surface area contributed by atoms with Crippen LogP contribution in [-0.4, -0.2) is 18.0 Å². The molecule has 2 heteroatoms. The Bertz CT molecular complexity index is 281. The third-order valence-corrected chi connectivity index (χ3v) is 2.43. The number of aliphatic hydroxyl groups is 1. The molecule has 0 saturated carbocycles. The third kappa shape index (κ3) is 3.66. The third-order valence-electron chi connectivity index (χ3n) is 1.70. The Kier molecular flexibility index (Phi) is 4.65. The molecular weight excluding hydrogens is 180 g/mol. The summed E-state index contributed by atoms with van der Waals surface area (Å²) in [5, 5.41) is 8.59. The number of aliphatic hydroxyl groups excluding tert-OH is 1. The Morgan fingerprint density at radius 3 is 3.00 bits per heavy atom. The van der Waals surface area contributed by atoms with Gasteiger partial charge in [-0.15, -0.1) is 11.8 Å². The van der Waals surface area contributed by atoms with Crippen molar-refractivity contribution in [1.29, 1.82) is 0 Å². The van der Waals surface area contributed by atoms with Crippen LogP contribution in [-0.2, 0) is 0 Å². The van der Waals surface area contributed by atoms with Gasteiger partial charge >= 0.3 is 0 Å². The standard InChI is InChI=1S/C11H14OS/c1-13-11-7-4-6-10(9-11)5-2-3-8-12/h2,4-7,9,12H,3,8H2,1H3. The Morgan fingerprint density at radius 1 is 1.46 bits per heavy atom. The molecule has 0 amide bonds. The number of thioether (sulfide) groups is 1. The van der Waals surface area contributed by atoms with Crippen LogP contribution in [0.1, 0.15) is 12.0 Å². The van der Waals surface area contributed by atoms with Gasteiger partial charge in [0.15, 0.2) is 0 Å². The minimum atomic E-state index is 0.221. The van der Waals surface area contributed by atoms with Gasteiger partial charge in [0.2, 0.25) is 0 Å². The summed E-state index contributed by atoms with van der Waals surface area (Å²) in [5.74, 6) is 0. The van der Waals surface area contributed by atoms with Gasteiger partial charge in [0.1, 0.15) is 0 Å². The van der Waals surface area contributed by atoms with Crippen LogP contribution in [0.2, 0.25) is 0 Å². The highest BCUT2D eigenvalue weighted by Crippen LogP contribution is 2.16. The van der Waals surface area contributed by atoms with E-state index in [0.717, 1.165) is 6.42 Å². The maximum absolute atomic E-state index is 8.59. The maximum atomic E-state index is 8.59. The second-order valence-corrected chi connectivity index (χ2v) is 3.57. The average Bonchev–Trinajstić information content (AvgIpc) is 2.19. The first-order chi connectivity index (χ1) is 6.36. The van der Waals surface area contributed by atoms with E-state index in [9.17, 15) is 0 Å². The molecular formula is C11H14OS. The van der Waals surface area contributed by atoms with Gasteiger partial charge in [0.05, 0.1) is 0 Å². The highest BCUT2D eigenvalue weighted by Gasteiger charge is 1.89. The zero-order valence-corrected chi connectivity index (χ0v) is 8.55. The second-order valence-electron chi connectivity index (χ2n) is 2.69. The van der Waals surface area contributed by atoms with Crippen molar-refractivity contribution in [3.05, 3.63) is 35.9 Å². The molecule has 0 aliphatic rings. The van der Waals surface area contributed by atoms with Crippen molar-refractivity contribution < 1.29 is 5.11 Å². The van der Waals surface area contributed by atoms with Crippen molar-refractivity contribution in [2.24, 2.45) is 0 Å². The van der Waals surface area contributed by atoms with Gasteiger partial charge < -0.3 is 5.11 Å². The lowest BCUT2D eigenvalue weighted by atomic mass is 10.2. The lowest BCUT2D eigenvalue weighted by molar-refractivity contribution is 0.303. The van der Waals surface area contributed by atoms with E-state index in [1.807, 2.05) is 18.2 Å². The molecule has 0 spiro atoms. The molecule has 70 valence electrons. The maximum Gasteiger partial charge on any atom is 0.0465 e. The predicted molar refractivity (Wildman–Crippen MR) is 59.0 cm³/mol. The van der Waals surface area contributed by atoms with Crippen molar-refractivity contribution in [3.63, 3.8) is 0 Å². The Labute approximate surface area is 83.5 Å². The van der Waals surface area contributed by atoms with Crippen LogP contribution >= 0.6 is 11.8 Å². The molecule has 1 rings (SSSR count). The molecule has 1 aromatic rings. The molecule has 0 saturated heterocycles. The number of hydrogen-bond acceptors (Lipinski definition) is 2. The molecule has 0 unspecified atom stereocenters. The van der Waals surface area contributed by atoms with Crippen LogP contribution < -0.4 is 0 Å². The number of rotatable bonds is 4. The van der Waals surface area contributed by atoms with Crippen LogP contribution in [0.3, 0.4) is 0 Å². The number of benzene rings is 1. The summed E-state index contributed by atoms with van der Waals surface area (Å²) in [7, 11) is 0. The Hall–Kier alpha value is -0.730. The van der Waals surface area contributed by atoms with Gasteiger partial charge in [-0.25, -0.2) is 0 Å². The van der Waals surface area contributed by atoms with E-state index in [4.69, 9.17) is 5.11 Å². The van der Waals surface area contributed by atoms with Gasteiger partial charge in [0.25, 0.3) is 0 Å². The van der Waals surface area contributed by atoms with Crippen LogP contribution in [0.15, 0.2) is 35.2 Å². The van der Waals surface area contributed by atoms with Crippen LogP contribution in [0.25, 0.3) is 6.08 Å². The van der Waals surface area contributed by atoms with Gasteiger partial charge in [-0.2, -0.15) is 0 Å². The van der Waals surface area contributed by atoms with Crippen molar-refractivity contribution in [3.8, 4) is 0 Å². The minimum absolute atomic E-state index is 0.221. The fourth-order valence-electron chi connectivity index (χ4n) is 1.04. The highest BCUT2D eigenvalue weighted by atomic mass is 32.2. The summed E-state index contributed by atoms with van der Waals surface area (Å²) >= 11 is 1.74. The quantitative estimate of drug-likeness (QED) is 0.744. The monoisotopic (exact) mass is 194 g/mol. The van der Waals surface area contributed by atoms with Crippen molar-refractivity contribution in [1.82, 2.24) is 0 Å². The first-order valence-electron chi connectivity index (χ1n) is 4.28. The zero-order valence-electron chi connectivity index (χ0n) is 7.73. The summed E-state index contributed by atoms with van der Waals surface area (Å²) in [4.78, 5) is 1.27. The topological polar surface area (TPSA) is 20.2 Å². The summed E-state index contributed by atoms with van der Waals surface area (Å²) < 4.78 is 0. The molecule has 0 atom stereocenters. The van der Waals surface area contributed by atoms with Crippen molar-refractivity contribution in [2.75, 3.05) is 12.9 Å². The zero-order chi connectivity index (χ0) is 9.52. The Morgan fingerprint density at radius 2 is 2.31 bits per heavy atom. The summed E-state index contributed by atoms with van der Waals surface area (Å²) in [6.45, 7) is 0.221.